The third kappa shape index (κ3) is 5.47. The van der Waals surface area contributed by atoms with Crippen LogP contribution in [0.4, 0.5) is 5.82 Å². The standard InChI is InChI=1S/C14H25N3O/c1-10(2)16-13-8-6-7-11(17-13)12(18)9-15-14(3,4)5/h6-8,10,12,15,18H,9H2,1-5H3,(H,16,17)/t12-/m0/s1. The fraction of sp³-hybridized carbons (Fsp3) is 0.643. The summed E-state index contributed by atoms with van der Waals surface area (Å²) in [6.07, 6.45) is -0.585. The third-order valence-electron chi connectivity index (χ3n) is 2.37. The molecule has 1 aromatic heterocycles. The summed E-state index contributed by atoms with van der Waals surface area (Å²) >= 11 is 0. The largest absolute Gasteiger partial charge is 0.385 e. The van der Waals surface area contributed by atoms with Gasteiger partial charge in [0.15, 0.2) is 0 Å². The van der Waals surface area contributed by atoms with E-state index in [0.717, 1.165) is 5.82 Å². The van der Waals surface area contributed by atoms with Crippen LogP contribution in [-0.4, -0.2) is 28.2 Å². The number of pyridine rings is 1. The van der Waals surface area contributed by atoms with Crippen molar-refractivity contribution < 1.29 is 5.11 Å². The molecule has 0 amide bonds. The minimum absolute atomic E-state index is 0.00519. The van der Waals surface area contributed by atoms with E-state index < -0.39 is 6.10 Å². The highest BCUT2D eigenvalue weighted by Crippen LogP contribution is 2.14. The second-order valence-electron chi connectivity index (χ2n) is 5.89. The molecule has 4 heteroatoms. The molecule has 0 aliphatic heterocycles. The van der Waals surface area contributed by atoms with Gasteiger partial charge in [-0.1, -0.05) is 6.07 Å². The second kappa shape index (κ2) is 6.16. The first kappa shape index (κ1) is 14.9. The maximum atomic E-state index is 10.1. The molecule has 0 saturated heterocycles. The number of rotatable bonds is 5. The summed E-state index contributed by atoms with van der Waals surface area (Å²) in [7, 11) is 0. The lowest BCUT2D eigenvalue weighted by Gasteiger charge is -2.23. The Bertz CT molecular complexity index is 372. The van der Waals surface area contributed by atoms with Crippen molar-refractivity contribution in [2.24, 2.45) is 0 Å². The van der Waals surface area contributed by atoms with Crippen LogP contribution in [0.5, 0.6) is 0 Å². The molecule has 0 spiro atoms. The number of anilines is 1. The summed E-state index contributed by atoms with van der Waals surface area (Å²) in [6, 6.07) is 6.00. The number of aromatic nitrogens is 1. The van der Waals surface area contributed by atoms with Crippen molar-refractivity contribution in [2.45, 2.75) is 52.3 Å². The molecule has 1 rings (SSSR count). The molecule has 102 valence electrons. The maximum absolute atomic E-state index is 10.1. The molecule has 1 aromatic rings. The lowest BCUT2D eigenvalue weighted by Crippen LogP contribution is -2.38. The molecular formula is C14H25N3O. The monoisotopic (exact) mass is 251 g/mol. The van der Waals surface area contributed by atoms with Gasteiger partial charge in [-0.15, -0.1) is 0 Å². The van der Waals surface area contributed by atoms with E-state index >= 15 is 0 Å². The maximum Gasteiger partial charge on any atom is 0.126 e. The molecule has 4 nitrogen and oxygen atoms in total. The number of aliphatic hydroxyl groups is 1. The van der Waals surface area contributed by atoms with E-state index in [1.54, 1.807) is 0 Å². The predicted molar refractivity (Wildman–Crippen MR) is 75.7 cm³/mol. The van der Waals surface area contributed by atoms with Crippen LogP contribution in [0, 0.1) is 0 Å². The number of nitrogens with one attached hydrogen (secondary N) is 2. The van der Waals surface area contributed by atoms with Crippen LogP contribution < -0.4 is 10.6 Å². The van der Waals surface area contributed by atoms with E-state index in [1.165, 1.54) is 0 Å². The first-order valence-corrected chi connectivity index (χ1v) is 6.44. The number of aliphatic hydroxyl groups excluding tert-OH is 1. The van der Waals surface area contributed by atoms with Gasteiger partial charge in [0.2, 0.25) is 0 Å². The van der Waals surface area contributed by atoms with E-state index in [9.17, 15) is 5.11 Å². The Kier molecular flexibility index (Phi) is 5.11. The van der Waals surface area contributed by atoms with Gasteiger partial charge < -0.3 is 15.7 Å². The summed E-state index contributed by atoms with van der Waals surface area (Å²) in [5, 5.41) is 16.6. The molecule has 0 aliphatic rings. The molecule has 0 bridgehead atoms. The molecule has 1 atom stereocenters. The summed E-state index contributed by atoms with van der Waals surface area (Å²) in [5.41, 5.74) is 0.687. The van der Waals surface area contributed by atoms with Gasteiger partial charge in [0.1, 0.15) is 11.9 Å². The number of hydrogen-bond acceptors (Lipinski definition) is 4. The Morgan fingerprint density at radius 3 is 2.50 bits per heavy atom. The van der Waals surface area contributed by atoms with Gasteiger partial charge in [-0.3, -0.25) is 0 Å². The molecule has 0 saturated carbocycles. The molecule has 0 unspecified atom stereocenters. The Morgan fingerprint density at radius 1 is 1.28 bits per heavy atom. The van der Waals surface area contributed by atoms with Crippen molar-refractivity contribution >= 4 is 5.82 Å². The normalized spacial score (nSPS) is 13.7. The predicted octanol–water partition coefficient (Wildman–Crippen LogP) is 2.32. The van der Waals surface area contributed by atoms with Crippen molar-refractivity contribution in [3.63, 3.8) is 0 Å². The zero-order valence-electron chi connectivity index (χ0n) is 12.0. The van der Waals surface area contributed by atoms with Gasteiger partial charge >= 0.3 is 0 Å². The van der Waals surface area contributed by atoms with E-state index in [1.807, 2.05) is 18.2 Å². The Hall–Kier alpha value is -1.13. The van der Waals surface area contributed by atoms with Crippen LogP contribution in [0.2, 0.25) is 0 Å². The lowest BCUT2D eigenvalue weighted by molar-refractivity contribution is 0.159. The molecule has 0 aromatic carbocycles. The van der Waals surface area contributed by atoms with Crippen molar-refractivity contribution in [1.82, 2.24) is 10.3 Å². The quantitative estimate of drug-likeness (QED) is 0.751. The van der Waals surface area contributed by atoms with Gasteiger partial charge in [-0.25, -0.2) is 4.98 Å². The topological polar surface area (TPSA) is 57.2 Å². The first-order valence-electron chi connectivity index (χ1n) is 6.44. The molecule has 18 heavy (non-hydrogen) atoms. The Labute approximate surface area is 110 Å². The van der Waals surface area contributed by atoms with Crippen molar-refractivity contribution in [1.29, 1.82) is 0 Å². The fourth-order valence-corrected chi connectivity index (χ4v) is 1.52. The highest BCUT2D eigenvalue weighted by molar-refractivity contribution is 5.36. The summed E-state index contributed by atoms with van der Waals surface area (Å²) < 4.78 is 0. The average molecular weight is 251 g/mol. The molecule has 0 fully saturated rings. The van der Waals surface area contributed by atoms with Crippen molar-refractivity contribution in [2.75, 3.05) is 11.9 Å². The van der Waals surface area contributed by atoms with Crippen LogP contribution in [0.15, 0.2) is 18.2 Å². The summed E-state index contributed by atoms with van der Waals surface area (Å²) in [4.78, 5) is 4.41. The minimum atomic E-state index is -0.585. The highest BCUT2D eigenvalue weighted by atomic mass is 16.3. The van der Waals surface area contributed by atoms with Crippen LogP contribution in [-0.2, 0) is 0 Å². The molecule has 0 radical (unpaired) electrons. The zero-order chi connectivity index (χ0) is 13.8. The number of β-amino-alcohol motifs (C(OH)–C–C–N with tert-alkyl or cyclic N) is 1. The lowest BCUT2D eigenvalue weighted by atomic mass is 10.1. The average Bonchev–Trinajstić information content (AvgIpc) is 2.24. The SMILES string of the molecule is CC(C)Nc1cccc([C@@H](O)CNC(C)(C)C)n1. The molecule has 0 aliphatic carbocycles. The Balaban J connectivity index is 2.65. The smallest absolute Gasteiger partial charge is 0.126 e. The minimum Gasteiger partial charge on any atom is -0.385 e. The van der Waals surface area contributed by atoms with E-state index in [4.69, 9.17) is 0 Å². The van der Waals surface area contributed by atoms with Gasteiger partial charge in [0, 0.05) is 18.1 Å². The molecular weight excluding hydrogens is 226 g/mol. The van der Waals surface area contributed by atoms with Crippen LogP contribution in [0.1, 0.15) is 46.4 Å². The first-order chi connectivity index (χ1) is 8.28. The third-order valence-corrected chi connectivity index (χ3v) is 2.37. The molecule has 1 heterocycles. The fourth-order valence-electron chi connectivity index (χ4n) is 1.52. The number of hydrogen-bond donors (Lipinski definition) is 3. The summed E-state index contributed by atoms with van der Waals surface area (Å²) in [6.45, 7) is 10.8. The van der Waals surface area contributed by atoms with Crippen molar-refractivity contribution in [3.05, 3.63) is 23.9 Å². The van der Waals surface area contributed by atoms with Gasteiger partial charge in [-0.05, 0) is 46.8 Å². The number of nitrogens with zero attached hydrogens (tertiary/aromatic N) is 1. The van der Waals surface area contributed by atoms with Gasteiger partial charge in [-0.2, -0.15) is 0 Å². The van der Waals surface area contributed by atoms with Crippen LogP contribution in [0.3, 0.4) is 0 Å². The second-order valence-corrected chi connectivity index (χ2v) is 5.89. The van der Waals surface area contributed by atoms with Crippen LogP contribution >= 0.6 is 0 Å². The molecule has 3 N–H and O–H groups in total. The van der Waals surface area contributed by atoms with E-state index in [-0.39, 0.29) is 5.54 Å². The van der Waals surface area contributed by atoms with Crippen molar-refractivity contribution in [3.8, 4) is 0 Å². The summed E-state index contributed by atoms with van der Waals surface area (Å²) in [5.74, 6) is 0.803. The van der Waals surface area contributed by atoms with Gasteiger partial charge in [0.05, 0.1) is 5.69 Å². The Morgan fingerprint density at radius 2 is 1.94 bits per heavy atom. The van der Waals surface area contributed by atoms with Crippen LogP contribution in [0.25, 0.3) is 0 Å². The zero-order valence-corrected chi connectivity index (χ0v) is 12.0. The van der Waals surface area contributed by atoms with E-state index in [0.29, 0.717) is 18.3 Å². The van der Waals surface area contributed by atoms with Gasteiger partial charge in [0.25, 0.3) is 0 Å². The van der Waals surface area contributed by atoms with E-state index in [2.05, 4.69) is 50.2 Å². The highest BCUT2D eigenvalue weighted by Gasteiger charge is 2.14.